The molecule has 4 rings (SSSR count). The standard InChI is InChI=1S/C34H43N3O4/c1-4-5-27(34(2,25-6-10-29(38)11-7-25)26-8-12-30(39)13-9-26)22-37(3)17-16-33(41)24(21-35)19-28-18-23-20-31(40)14-15-32(23)36-28/h6-15,18,20,24,27,36,38-40H,4-5,16-17,19,21-22,35H2,1-3H3/t24-,27?/m1/s1. The van der Waals surface area contributed by atoms with Gasteiger partial charge in [0.2, 0.25) is 0 Å². The molecule has 0 saturated carbocycles. The molecule has 0 fully saturated rings. The molecule has 0 bridgehead atoms. The van der Waals surface area contributed by atoms with Crippen molar-refractivity contribution in [2.45, 2.75) is 44.9 Å². The van der Waals surface area contributed by atoms with E-state index in [0.717, 1.165) is 47.1 Å². The number of nitrogens with two attached hydrogens (primary N) is 1. The Morgan fingerprint density at radius 2 is 1.51 bits per heavy atom. The normalized spacial score (nSPS) is 13.5. The minimum atomic E-state index is -0.375. The molecule has 0 aliphatic rings. The Bertz CT molecular complexity index is 1380. The van der Waals surface area contributed by atoms with Gasteiger partial charge in [0, 0.05) is 54.0 Å². The quantitative estimate of drug-likeness (QED) is 0.135. The second-order valence-electron chi connectivity index (χ2n) is 11.5. The predicted octanol–water partition coefficient (Wildman–Crippen LogP) is 5.72. The Hall–Kier alpha value is -3.81. The molecule has 1 aromatic heterocycles. The van der Waals surface area contributed by atoms with Crippen LogP contribution in [0.15, 0.2) is 72.8 Å². The minimum Gasteiger partial charge on any atom is -0.508 e. The van der Waals surface area contributed by atoms with E-state index in [-0.39, 0.29) is 46.8 Å². The number of carbonyl (C=O) groups is 1. The van der Waals surface area contributed by atoms with Crippen LogP contribution in [0.5, 0.6) is 17.2 Å². The summed E-state index contributed by atoms with van der Waals surface area (Å²) in [6, 6.07) is 22.0. The van der Waals surface area contributed by atoms with Gasteiger partial charge < -0.3 is 30.9 Å². The molecule has 0 amide bonds. The molecule has 7 nitrogen and oxygen atoms in total. The Balaban J connectivity index is 1.47. The number of aromatic amines is 1. The highest BCUT2D eigenvalue weighted by Gasteiger charge is 2.38. The van der Waals surface area contributed by atoms with Crippen LogP contribution in [0, 0.1) is 11.8 Å². The number of nitrogens with zero attached hydrogens (tertiary/aromatic N) is 1. The van der Waals surface area contributed by atoms with Crippen LogP contribution in [0.4, 0.5) is 0 Å². The molecule has 0 aliphatic heterocycles. The first kappa shape index (κ1) is 30.2. The lowest BCUT2D eigenvalue weighted by Crippen LogP contribution is -2.41. The van der Waals surface area contributed by atoms with E-state index < -0.39 is 0 Å². The van der Waals surface area contributed by atoms with Crippen LogP contribution in [0.1, 0.15) is 49.9 Å². The number of benzene rings is 3. The van der Waals surface area contributed by atoms with Gasteiger partial charge in [-0.25, -0.2) is 0 Å². The van der Waals surface area contributed by atoms with Crippen molar-refractivity contribution in [2.75, 3.05) is 26.7 Å². The molecule has 0 saturated heterocycles. The number of hydrogen-bond acceptors (Lipinski definition) is 6. The number of aromatic hydroxyl groups is 3. The smallest absolute Gasteiger partial charge is 0.138 e. The summed E-state index contributed by atoms with van der Waals surface area (Å²) in [5, 5.41) is 30.6. The van der Waals surface area contributed by atoms with Crippen molar-refractivity contribution in [3.63, 3.8) is 0 Å². The fourth-order valence-electron chi connectivity index (χ4n) is 6.02. The summed E-state index contributed by atoms with van der Waals surface area (Å²) in [4.78, 5) is 18.8. The Morgan fingerprint density at radius 1 is 0.927 bits per heavy atom. The lowest BCUT2D eigenvalue weighted by molar-refractivity contribution is -0.122. The highest BCUT2D eigenvalue weighted by atomic mass is 16.3. The molecule has 1 unspecified atom stereocenters. The summed E-state index contributed by atoms with van der Waals surface area (Å²) in [6.45, 7) is 6.09. The monoisotopic (exact) mass is 557 g/mol. The molecule has 0 spiro atoms. The molecular weight excluding hydrogens is 514 g/mol. The number of aromatic nitrogens is 1. The Kier molecular flexibility index (Phi) is 9.73. The van der Waals surface area contributed by atoms with Gasteiger partial charge in [-0.05, 0) is 85.5 Å². The van der Waals surface area contributed by atoms with Crippen LogP contribution in [0.2, 0.25) is 0 Å². The lowest BCUT2D eigenvalue weighted by Gasteiger charge is -2.41. The predicted molar refractivity (Wildman–Crippen MR) is 164 cm³/mol. The summed E-state index contributed by atoms with van der Waals surface area (Å²) in [6.07, 6.45) is 2.92. The van der Waals surface area contributed by atoms with Crippen LogP contribution < -0.4 is 5.73 Å². The molecule has 3 aromatic carbocycles. The fourth-order valence-corrected chi connectivity index (χ4v) is 6.02. The number of fused-ring (bicyclic) bond motifs is 1. The van der Waals surface area contributed by atoms with Crippen molar-refractivity contribution in [2.24, 2.45) is 17.6 Å². The van der Waals surface area contributed by atoms with Crippen molar-refractivity contribution in [1.82, 2.24) is 9.88 Å². The van der Waals surface area contributed by atoms with E-state index >= 15 is 0 Å². The second kappa shape index (κ2) is 13.2. The van der Waals surface area contributed by atoms with Gasteiger partial charge >= 0.3 is 0 Å². The first-order valence-electron chi connectivity index (χ1n) is 14.4. The zero-order valence-corrected chi connectivity index (χ0v) is 24.3. The van der Waals surface area contributed by atoms with E-state index in [1.54, 1.807) is 36.4 Å². The molecule has 0 radical (unpaired) electrons. The van der Waals surface area contributed by atoms with Crippen LogP contribution in [-0.2, 0) is 16.6 Å². The first-order chi connectivity index (χ1) is 19.6. The molecule has 7 heteroatoms. The Morgan fingerprint density at radius 3 is 2.07 bits per heavy atom. The fraction of sp³-hybridized carbons (Fsp3) is 0.382. The van der Waals surface area contributed by atoms with Gasteiger partial charge in [-0.3, -0.25) is 4.79 Å². The second-order valence-corrected chi connectivity index (χ2v) is 11.5. The number of Topliss-reactive ketones (excluding diaryl/α,β-unsaturated/α-hetero) is 1. The number of H-pyrrole nitrogens is 1. The van der Waals surface area contributed by atoms with E-state index in [0.29, 0.717) is 19.4 Å². The van der Waals surface area contributed by atoms with Crippen molar-refractivity contribution < 1.29 is 20.1 Å². The maximum Gasteiger partial charge on any atom is 0.138 e. The average molecular weight is 558 g/mol. The highest BCUT2D eigenvalue weighted by Crippen LogP contribution is 2.42. The zero-order chi connectivity index (χ0) is 29.6. The van der Waals surface area contributed by atoms with Crippen LogP contribution in [0.25, 0.3) is 10.9 Å². The topological polar surface area (TPSA) is 123 Å². The molecule has 218 valence electrons. The maximum atomic E-state index is 13.3. The van der Waals surface area contributed by atoms with Crippen LogP contribution >= 0.6 is 0 Å². The van der Waals surface area contributed by atoms with Crippen molar-refractivity contribution >= 4 is 16.7 Å². The molecule has 41 heavy (non-hydrogen) atoms. The van der Waals surface area contributed by atoms with Gasteiger partial charge in [-0.15, -0.1) is 0 Å². The van der Waals surface area contributed by atoms with E-state index in [2.05, 4.69) is 30.8 Å². The third-order valence-corrected chi connectivity index (χ3v) is 8.53. The summed E-state index contributed by atoms with van der Waals surface area (Å²) in [5.74, 6) is 0.748. The van der Waals surface area contributed by atoms with E-state index in [1.807, 2.05) is 36.4 Å². The van der Waals surface area contributed by atoms with Crippen molar-refractivity contribution in [3.8, 4) is 17.2 Å². The van der Waals surface area contributed by atoms with Gasteiger partial charge in [0.1, 0.15) is 23.0 Å². The third-order valence-electron chi connectivity index (χ3n) is 8.53. The SMILES string of the molecule is CCCC(CN(C)CCC(=O)[C@@H](CN)Cc1cc2cc(O)ccc2[nH]1)C(C)(c1ccc(O)cc1)c1ccc(O)cc1. The molecule has 4 aromatic rings. The summed E-state index contributed by atoms with van der Waals surface area (Å²) in [7, 11) is 2.06. The van der Waals surface area contributed by atoms with Crippen molar-refractivity contribution in [3.05, 3.63) is 89.6 Å². The van der Waals surface area contributed by atoms with Crippen LogP contribution in [-0.4, -0.2) is 57.7 Å². The van der Waals surface area contributed by atoms with Gasteiger partial charge in [-0.1, -0.05) is 44.5 Å². The van der Waals surface area contributed by atoms with E-state index in [9.17, 15) is 20.1 Å². The van der Waals surface area contributed by atoms with Crippen LogP contribution in [0.3, 0.4) is 0 Å². The average Bonchev–Trinajstić information content (AvgIpc) is 3.36. The summed E-state index contributed by atoms with van der Waals surface area (Å²) >= 11 is 0. The molecule has 1 heterocycles. The minimum absolute atomic E-state index is 0.146. The summed E-state index contributed by atoms with van der Waals surface area (Å²) < 4.78 is 0. The molecule has 0 aliphatic carbocycles. The number of phenolic OH excluding ortho intramolecular Hbond substituents is 3. The zero-order valence-electron chi connectivity index (χ0n) is 24.3. The summed E-state index contributed by atoms with van der Waals surface area (Å²) in [5.41, 5.74) is 9.73. The highest BCUT2D eigenvalue weighted by molar-refractivity contribution is 5.83. The third kappa shape index (κ3) is 7.10. The maximum absolute atomic E-state index is 13.3. The number of rotatable bonds is 14. The van der Waals surface area contributed by atoms with Crippen molar-refractivity contribution in [1.29, 1.82) is 0 Å². The number of phenols is 3. The number of nitrogens with one attached hydrogen (secondary N) is 1. The lowest BCUT2D eigenvalue weighted by atomic mass is 9.65. The number of ketones is 1. The van der Waals surface area contributed by atoms with Gasteiger partial charge in [0.05, 0.1) is 0 Å². The molecule has 6 N–H and O–H groups in total. The molecule has 2 atom stereocenters. The first-order valence-corrected chi connectivity index (χ1v) is 14.4. The van der Waals surface area contributed by atoms with E-state index in [4.69, 9.17) is 5.73 Å². The molecular formula is C34H43N3O4. The number of hydrogen-bond donors (Lipinski definition) is 5. The van der Waals surface area contributed by atoms with Gasteiger partial charge in [0.25, 0.3) is 0 Å². The number of carbonyl (C=O) groups excluding carboxylic acids is 1. The van der Waals surface area contributed by atoms with Gasteiger partial charge in [-0.2, -0.15) is 0 Å². The van der Waals surface area contributed by atoms with Gasteiger partial charge in [0.15, 0.2) is 0 Å². The Labute approximate surface area is 242 Å². The largest absolute Gasteiger partial charge is 0.508 e. The van der Waals surface area contributed by atoms with E-state index in [1.165, 1.54) is 0 Å².